The Morgan fingerprint density at radius 3 is 1.19 bits per heavy atom. The van der Waals surface area contributed by atoms with Crippen molar-refractivity contribution in [2.45, 2.75) is 79.1 Å². The first-order valence-corrected chi connectivity index (χ1v) is 14.2. The van der Waals surface area contributed by atoms with Gasteiger partial charge in [0.2, 0.25) is 0 Å². The monoisotopic (exact) mass is 482 g/mol. The van der Waals surface area contributed by atoms with E-state index in [4.69, 9.17) is 0 Å². The number of carbonyl (C=O) groups excluding carboxylic acids is 2. The van der Waals surface area contributed by atoms with Crippen LogP contribution in [0, 0.1) is 45.3 Å². The predicted octanol–water partition coefficient (Wildman–Crippen LogP) is 7.84. The fourth-order valence-electron chi connectivity index (χ4n) is 9.77. The average molecular weight is 483 g/mol. The molecular formula is C34H42O2. The van der Waals surface area contributed by atoms with Gasteiger partial charge in [-0.3, -0.25) is 9.59 Å². The summed E-state index contributed by atoms with van der Waals surface area (Å²) in [4.78, 5) is 28.8. The molecule has 4 fully saturated rings. The number of hydrogen-bond acceptors (Lipinski definition) is 2. The van der Waals surface area contributed by atoms with Crippen LogP contribution in [0.3, 0.4) is 0 Å². The summed E-state index contributed by atoms with van der Waals surface area (Å²) in [6.07, 6.45) is 4.20. The van der Waals surface area contributed by atoms with Crippen molar-refractivity contribution in [3.8, 4) is 0 Å². The van der Waals surface area contributed by atoms with Gasteiger partial charge in [0.15, 0.2) is 0 Å². The largest absolute Gasteiger partial charge is 0.299 e. The molecule has 4 bridgehead atoms. The van der Waals surface area contributed by atoms with Gasteiger partial charge in [-0.1, -0.05) is 102 Å². The maximum absolute atomic E-state index is 14.4. The van der Waals surface area contributed by atoms with E-state index in [-0.39, 0.29) is 45.3 Å². The van der Waals surface area contributed by atoms with Crippen LogP contribution in [0.15, 0.2) is 60.7 Å². The molecule has 8 atom stereocenters. The summed E-state index contributed by atoms with van der Waals surface area (Å²) in [5, 5.41) is 0. The van der Waals surface area contributed by atoms with Crippen molar-refractivity contribution in [1.82, 2.24) is 0 Å². The topological polar surface area (TPSA) is 34.1 Å². The summed E-state index contributed by atoms with van der Waals surface area (Å²) in [7, 11) is 0. The highest BCUT2D eigenvalue weighted by atomic mass is 16.1. The lowest BCUT2D eigenvalue weighted by molar-refractivity contribution is -0.135. The number of benzene rings is 2. The van der Waals surface area contributed by atoms with Crippen molar-refractivity contribution in [2.24, 2.45) is 45.3 Å². The summed E-state index contributed by atoms with van der Waals surface area (Å²) in [6, 6.07) is 21.5. The van der Waals surface area contributed by atoms with Gasteiger partial charge >= 0.3 is 0 Å². The molecule has 2 nitrogen and oxygen atoms in total. The minimum absolute atomic E-state index is 0.0141. The third-order valence-electron chi connectivity index (χ3n) is 12.7. The molecule has 6 unspecified atom stereocenters. The summed E-state index contributed by atoms with van der Waals surface area (Å²) >= 11 is 0. The van der Waals surface area contributed by atoms with E-state index in [9.17, 15) is 9.59 Å². The first kappa shape index (κ1) is 24.1. The van der Waals surface area contributed by atoms with E-state index >= 15 is 0 Å². The minimum atomic E-state index is -0.277. The lowest BCUT2D eigenvalue weighted by atomic mass is 9.60. The Hall–Kier alpha value is -2.22. The fraction of sp³-hybridized carbons (Fsp3) is 0.588. The highest BCUT2D eigenvalue weighted by molar-refractivity contribution is 5.94. The van der Waals surface area contributed by atoms with Crippen molar-refractivity contribution < 1.29 is 9.59 Å². The van der Waals surface area contributed by atoms with Gasteiger partial charge in [-0.2, -0.15) is 0 Å². The van der Waals surface area contributed by atoms with Gasteiger partial charge in [0, 0.05) is 34.5 Å². The van der Waals surface area contributed by atoms with Gasteiger partial charge in [-0.25, -0.2) is 0 Å². The van der Waals surface area contributed by atoms with Crippen LogP contribution >= 0.6 is 0 Å². The molecule has 190 valence electrons. The van der Waals surface area contributed by atoms with E-state index in [1.54, 1.807) is 0 Å². The molecule has 4 aliphatic rings. The Bertz CT molecular complexity index is 1100. The molecule has 2 heteroatoms. The molecule has 4 aliphatic carbocycles. The second kappa shape index (κ2) is 7.65. The van der Waals surface area contributed by atoms with E-state index in [0.717, 1.165) is 25.7 Å². The summed E-state index contributed by atoms with van der Waals surface area (Å²) in [6.45, 7) is 13.8. The number of hydrogen-bond donors (Lipinski definition) is 0. The Morgan fingerprint density at radius 1 is 0.583 bits per heavy atom. The second-order valence-electron chi connectivity index (χ2n) is 14.1. The highest BCUT2D eigenvalue weighted by Gasteiger charge is 2.71. The smallest absolute Gasteiger partial charge is 0.143 e. The van der Waals surface area contributed by atoms with Gasteiger partial charge in [0.25, 0.3) is 0 Å². The maximum Gasteiger partial charge on any atom is 0.143 e. The first-order chi connectivity index (χ1) is 17.0. The molecule has 0 N–H and O–H groups in total. The van der Waals surface area contributed by atoms with Crippen LogP contribution in [0.2, 0.25) is 0 Å². The molecule has 0 spiro atoms. The van der Waals surface area contributed by atoms with Crippen LogP contribution in [0.5, 0.6) is 0 Å². The molecule has 0 heterocycles. The Labute approximate surface area is 217 Å². The van der Waals surface area contributed by atoms with Gasteiger partial charge in [0.05, 0.1) is 0 Å². The van der Waals surface area contributed by atoms with Crippen LogP contribution in [0.4, 0.5) is 0 Å². The van der Waals surface area contributed by atoms with Gasteiger partial charge in [-0.05, 0) is 59.5 Å². The Balaban J connectivity index is 1.57. The Morgan fingerprint density at radius 2 is 0.917 bits per heavy atom. The molecule has 36 heavy (non-hydrogen) atoms. The van der Waals surface area contributed by atoms with Crippen molar-refractivity contribution in [2.75, 3.05) is 0 Å². The molecule has 0 radical (unpaired) electrons. The summed E-state index contributed by atoms with van der Waals surface area (Å²) in [5.74, 6) is 1.52. The molecule has 6 rings (SSSR count). The normalized spacial score (nSPS) is 39.5. The number of ketones is 2. The molecule has 2 aromatic rings. The first-order valence-electron chi connectivity index (χ1n) is 14.2. The molecule has 4 saturated carbocycles. The third kappa shape index (κ3) is 2.80. The number of rotatable bonds is 5. The Kier molecular flexibility index (Phi) is 5.13. The second-order valence-corrected chi connectivity index (χ2v) is 14.1. The number of carbonyl (C=O) groups is 2. The van der Waals surface area contributed by atoms with E-state index in [0.29, 0.717) is 23.4 Å². The van der Waals surface area contributed by atoms with E-state index in [2.05, 4.69) is 102 Å². The average Bonchev–Trinajstić information content (AvgIpc) is 3.35. The van der Waals surface area contributed by atoms with Crippen molar-refractivity contribution in [1.29, 1.82) is 0 Å². The van der Waals surface area contributed by atoms with Gasteiger partial charge in [-0.15, -0.1) is 0 Å². The van der Waals surface area contributed by atoms with Crippen LogP contribution in [-0.2, 0) is 9.59 Å². The number of fused-ring (bicyclic) bond motifs is 4. The van der Waals surface area contributed by atoms with E-state index in [1.807, 2.05) is 0 Å². The zero-order valence-corrected chi connectivity index (χ0v) is 22.9. The van der Waals surface area contributed by atoms with Gasteiger partial charge in [0.1, 0.15) is 11.6 Å². The summed E-state index contributed by atoms with van der Waals surface area (Å²) in [5.41, 5.74) is 1.87. The molecule has 0 aromatic heterocycles. The van der Waals surface area contributed by atoms with Crippen LogP contribution in [-0.4, -0.2) is 11.6 Å². The fourth-order valence-corrected chi connectivity index (χ4v) is 9.77. The minimum Gasteiger partial charge on any atom is -0.299 e. The van der Waals surface area contributed by atoms with Crippen LogP contribution in [0.25, 0.3) is 0 Å². The standard InChI is InChI=1S/C34H42O2/c1-31(2)23-17-19-33(31,5)29(35)27(23)25(21-13-9-7-10-14-21)26(22-15-11-8-12-16-22)28-24-18-20-34(6,30(28)36)32(24,3)4/h7-16,23-28H,17-20H2,1-6H3/t23?,24?,25-,26-,27?,28?,33?,34?/m1/s1. The quantitative estimate of drug-likeness (QED) is 0.435. The maximum atomic E-state index is 14.4. The van der Waals surface area contributed by atoms with Crippen molar-refractivity contribution in [3.63, 3.8) is 0 Å². The molecule has 0 amide bonds. The lowest BCUT2D eigenvalue weighted by Crippen LogP contribution is -2.41. The zero-order valence-electron chi connectivity index (χ0n) is 22.9. The lowest BCUT2D eigenvalue weighted by Gasteiger charge is -2.42. The zero-order chi connectivity index (χ0) is 25.7. The number of Topliss-reactive ketones (excluding diaryl/α,β-unsaturated/α-hetero) is 2. The van der Waals surface area contributed by atoms with Crippen LogP contribution in [0.1, 0.15) is 90.2 Å². The van der Waals surface area contributed by atoms with Gasteiger partial charge < -0.3 is 0 Å². The predicted molar refractivity (Wildman–Crippen MR) is 145 cm³/mol. The third-order valence-corrected chi connectivity index (χ3v) is 12.7. The molecule has 2 aromatic carbocycles. The summed E-state index contributed by atoms with van der Waals surface area (Å²) < 4.78 is 0. The van der Waals surface area contributed by atoms with Crippen LogP contribution < -0.4 is 0 Å². The van der Waals surface area contributed by atoms with Crippen molar-refractivity contribution >= 4 is 11.6 Å². The highest BCUT2D eigenvalue weighted by Crippen LogP contribution is 2.73. The van der Waals surface area contributed by atoms with E-state index < -0.39 is 0 Å². The van der Waals surface area contributed by atoms with Crippen molar-refractivity contribution in [3.05, 3.63) is 71.8 Å². The SMILES string of the molecule is CC12CCC(C([C@H](c3ccccc3)[C@@H](c3ccccc3)C3C(=O)C4(C)CCC3C4(C)C)C1=O)C2(C)C. The molecule has 0 aliphatic heterocycles. The van der Waals surface area contributed by atoms with E-state index in [1.165, 1.54) is 11.1 Å². The molecular weight excluding hydrogens is 440 g/mol. The molecule has 0 saturated heterocycles.